The number of hydrogen-bond acceptors (Lipinski definition) is 9. The molecule has 6 rings (SSSR count). The van der Waals surface area contributed by atoms with E-state index in [-0.39, 0.29) is 5.91 Å². The normalized spacial score (nSPS) is 23.6. The summed E-state index contributed by atoms with van der Waals surface area (Å²) < 4.78 is 5.96. The topological polar surface area (TPSA) is 138 Å². The minimum atomic E-state index is -0.766. The molecule has 1 aliphatic heterocycles. The van der Waals surface area contributed by atoms with Gasteiger partial charge in [0.1, 0.15) is 5.82 Å². The molecular formula is C27H29N7O3. The summed E-state index contributed by atoms with van der Waals surface area (Å²) in [4.78, 5) is 21.6. The van der Waals surface area contributed by atoms with Crippen LogP contribution in [0.1, 0.15) is 67.8 Å². The molecule has 2 aromatic heterocycles. The van der Waals surface area contributed by atoms with Gasteiger partial charge >= 0.3 is 0 Å². The van der Waals surface area contributed by atoms with Crippen LogP contribution in [0.2, 0.25) is 0 Å². The highest BCUT2D eigenvalue weighted by molar-refractivity contribution is 6.00. The van der Waals surface area contributed by atoms with E-state index in [4.69, 9.17) is 9.40 Å². The van der Waals surface area contributed by atoms with Crippen molar-refractivity contribution in [3.63, 3.8) is 0 Å². The van der Waals surface area contributed by atoms with E-state index in [1.165, 1.54) is 0 Å². The lowest BCUT2D eigenvalue weighted by Crippen LogP contribution is -2.47. The van der Waals surface area contributed by atoms with E-state index in [1.54, 1.807) is 18.3 Å². The van der Waals surface area contributed by atoms with Gasteiger partial charge < -0.3 is 25.5 Å². The second-order valence-electron chi connectivity index (χ2n) is 10.3. The molecule has 4 N–H and O–H groups in total. The number of anilines is 3. The van der Waals surface area contributed by atoms with Gasteiger partial charge in [-0.3, -0.25) is 4.79 Å². The van der Waals surface area contributed by atoms with Crippen LogP contribution in [0.25, 0.3) is 11.5 Å². The molecule has 2 aliphatic carbocycles. The number of nitrogens with zero attached hydrogens (tertiary/aromatic N) is 4. The standard InChI is InChI=1S/C27H29N7O3/c1-4-27(12-6-5-7-20(27)35)31-21-18(24-34-33-23(37-24)15-8-9-15)14-28-25(30-21)29-16-10-11-17-19(13-16)26(2,3)32-22(17)36/h5-7,10-15,20,35H,4,8-9H2,1-3H3,(H,32,36)(H2,28,29,30,31)/t20?,27-/m0/s1. The molecule has 10 heteroatoms. The Kier molecular flexibility index (Phi) is 5.38. The molecule has 0 spiro atoms. The second-order valence-corrected chi connectivity index (χ2v) is 10.3. The predicted molar refractivity (Wildman–Crippen MR) is 138 cm³/mol. The first-order valence-corrected chi connectivity index (χ1v) is 12.6. The largest absolute Gasteiger partial charge is 0.420 e. The number of carbonyl (C=O) groups is 1. The third-order valence-corrected chi connectivity index (χ3v) is 7.27. The lowest BCUT2D eigenvalue weighted by molar-refractivity contribution is 0.0940. The summed E-state index contributed by atoms with van der Waals surface area (Å²) in [5.41, 5.74) is 1.64. The van der Waals surface area contributed by atoms with E-state index < -0.39 is 17.2 Å². The highest BCUT2D eigenvalue weighted by Crippen LogP contribution is 2.41. The maximum absolute atomic E-state index is 12.3. The van der Waals surface area contributed by atoms with Gasteiger partial charge in [0.15, 0.2) is 0 Å². The molecule has 1 unspecified atom stereocenters. The molecule has 1 saturated carbocycles. The van der Waals surface area contributed by atoms with Crippen molar-refractivity contribution in [3.05, 3.63) is 65.7 Å². The fourth-order valence-electron chi connectivity index (χ4n) is 4.84. The van der Waals surface area contributed by atoms with Crippen LogP contribution in [-0.4, -0.2) is 42.8 Å². The summed E-state index contributed by atoms with van der Waals surface area (Å²) in [6.07, 6.45) is 11.0. The molecule has 1 fully saturated rings. The number of amides is 1. The molecule has 1 amide bonds. The number of aliphatic hydroxyl groups excluding tert-OH is 1. The Balaban J connectivity index is 1.37. The van der Waals surface area contributed by atoms with Gasteiger partial charge in [-0.2, -0.15) is 4.98 Å². The number of hydrogen-bond donors (Lipinski definition) is 4. The summed E-state index contributed by atoms with van der Waals surface area (Å²) in [5, 5.41) is 29.0. The summed E-state index contributed by atoms with van der Waals surface area (Å²) >= 11 is 0. The van der Waals surface area contributed by atoms with E-state index in [9.17, 15) is 9.90 Å². The zero-order valence-corrected chi connectivity index (χ0v) is 20.9. The Morgan fingerprint density at radius 2 is 2.03 bits per heavy atom. The van der Waals surface area contributed by atoms with E-state index in [2.05, 4.69) is 31.1 Å². The number of benzene rings is 1. The third-order valence-electron chi connectivity index (χ3n) is 7.27. The van der Waals surface area contributed by atoms with E-state index in [1.807, 2.05) is 51.1 Å². The Morgan fingerprint density at radius 3 is 2.78 bits per heavy atom. The van der Waals surface area contributed by atoms with Gasteiger partial charge in [-0.15, -0.1) is 10.2 Å². The number of aromatic nitrogens is 4. The Bertz CT molecular complexity index is 1440. The number of rotatable bonds is 7. The SMILES string of the molecule is CC[C@]1(Nc2nc(Nc3ccc4c(c3)C(C)(C)NC4=O)ncc2-c2nnc(C3CC3)o2)C=CC=CC1O. The average Bonchev–Trinajstić information content (AvgIpc) is 3.56. The summed E-state index contributed by atoms with van der Waals surface area (Å²) in [6, 6.07) is 5.56. The zero-order chi connectivity index (χ0) is 25.8. The molecule has 1 aromatic carbocycles. The lowest BCUT2D eigenvalue weighted by Gasteiger charge is -2.36. The maximum Gasteiger partial charge on any atom is 0.253 e. The molecule has 0 saturated heterocycles. The van der Waals surface area contributed by atoms with Crippen molar-refractivity contribution in [3.8, 4) is 11.5 Å². The van der Waals surface area contributed by atoms with Crippen molar-refractivity contribution in [1.29, 1.82) is 0 Å². The van der Waals surface area contributed by atoms with Gasteiger partial charge in [0.25, 0.3) is 11.8 Å². The molecule has 0 radical (unpaired) electrons. The molecule has 10 nitrogen and oxygen atoms in total. The van der Waals surface area contributed by atoms with Crippen LogP contribution in [-0.2, 0) is 5.54 Å². The molecule has 190 valence electrons. The van der Waals surface area contributed by atoms with Crippen molar-refractivity contribution in [2.45, 2.75) is 63.1 Å². The molecular weight excluding hydrogens is 470 g/mol. The zero-order valence-electron chi connectivity index (χ0n) is 20.9. The van der Waals surface area contributed by atoms with Gasteiger partial charge in [0.2, 0.25) is 11.8 Å². The number of nitrogens with one attached hydrogen (secondary N) is 3. The van der Waals surface area contributed by atoms with Crippen molar-refractivity contribution in [1.82, 2.24) is 25.5 Å². The molecule has 3 aliphatic rings. The predicted octanol–water partition coefficient (Wildman–Crippen LogP) is 4.17. The molecule has 3 aromatic rings. The van der Waals surface area contributed by atoms with Crippen LogP contribution < -0.4 is 16.0 Å². The lowest BCUT2D eigenvalue weighted by atomic mass is 9.85. The minimum absolute atomic E-state index is 0.0817. The van der Waals surface area contributed by atoms with Crippen LogP contribution in [0.5, 0.6) is 0 Å². The minimum Gasteiger partial charge on any atom is -0.420 e. The van der Waals surface area contributed by atoms with Crippen molar-refractivity contribution >= 4 is 23.4 Å². The van der Waals surface area contributed by atoms with Crippen LogP contribution in [0.4, 0.5) is 17.5 Å². The van der Waals surface area contributed by atoms with E-state index >= 15 is 0 Å². The van der Waals surface area contributed by atoms with Crippen LogP contribution in [0.3, 0.4) is 0 Å². The average molecular weight is 500 g/mol. The first-order chi connectivity index (χ1) is 17.8. The highest BCUT2D eigenvalue weighted by Gasteiger charge is 2.37. The fraction of sp³-hybridized carbons (Fsp3) is 0.370. The second kappa shape index (κ2) is 8.52. The van der Waals surface area contributed by atoms with Crippen LogP contribution >= 0.6 is 0 Å². The van der Waals surface area contributed by atoms with Crippen molar-refractivity contribution < 1.29 is 14.3 Å². The van der Waals surface area contributed by atoms with Gasteiger partial charge in [-0.05, 0) is 56.9 Å². The number of fused-ring (bicyclic) bond motifs is 1. The smallest absolute Gasteiger partial charge is 0.253 e. The van der Waals surface area contributed by atoms with Crippen LogP contribution in [0, 0.1) is 0 Å². The molecule has 3 heterocycles. The highest BCUT2D eigenvalue weighted by atomic mass is 16.4. The number of carbonyl (C=O) groups excluding carboxylic acids is 1. The van der Waals surface area contributed by atoms with Crippen molar-refractivity contribution in [2.75, 3.05) is 10.6 Å². The van der Waals surface area contributed by atoms with Gasteiger partial charge in [0, 0.05) is 23.4 Å². The Hall–Kier alpha value is -4.05. The summed E-state index contributed by atoms with van der Waals surface area (Å²) in [6.45, 7) is 5.94. The molecule has 37 heavy (non-hydrogen) atoms. The van der Waals surface area contributed by atoms with Gasteiger partial charge in [0.05, 0.1) is 22.7 Å². The van der Waals surface area contributed by atoms with Gasteiger partial charge in [-0.25, -0.2) is 4.98 Å². The van der Waals surface area contributed by atoms with E-state index in [0.29, 0.717) is 47.0 Å². The maximum atomic E-state index is 12.3. The first-order valence-electron chi connectivity index (χ1n) is 12.6. The fourth-order valence-corrected chi connectivity index (χ4v) is 4.84. The summed E-state index contributed by atoms with van der Waals surface area (Å²) in [5.74, 6) is 2.00. The van der Waals surface area contributed by atoms with E-state index in [0.717, 1.165) is 24.1 Å². The van der Waals surface area contributed by atoms with Crippen molar-refractivity contribution in [2.24, 2.45) is 0 Å². The quantitative estimate of drug-likeness (QED) is 0.377. The molecule has 2 atom stereocenters. The molecule has 0 bridgehead atoms. The Morgan fingerprint density at radius 1 is 1.19 bits per heavy atom. The monoisotopic (exact) mass is 499 g/mol. The Labute approximate surface area is 214 Å². The van der Waals surface area contributed by atoms with Gasteiger partial charge in [-0.1, -0.05) is 31.2 Å². The number of allylic oxidation sites excluding steroid dienone is 2. The van der Waals surface area contributed by atoms with Crippen LogP contribution in [0.15, 0.2) is 53.1 Å². The first kappa shape index (κ1) is 23.4. The number of aliphatic hydroxyl groups is 1. The summed E-state index contributed by atoms with van der Waals surface area (Å²) in [7, 11) is 0. The third kappa shape index (κ3) is 4.17.